The smallest absolute Gasteiger partial charge is 0.233 e. The predicted molar refractivity (Wildman–Crippen MR) is 114 cm³/mol. The predicted octanol–water partition coefficient (Wildman–Crippen LogP) is 5.22. The van der Waals surface area contributed by atoms with E-state index in [4.69, 9.17) is 4.74 Å². The van der Waals surface area contributed by atoms with Gasteiger partial charge in [0, 0.05) is 6.07 Å². The van der Waals surface area contributed by atoms with Crippen LogP contribution in [0.2, 0.25) is 0 Å². The van der Waals surface area contributed by atoms with Gasteiger partial charge in [-0.2, -0.15) is 0 Å². The van der Waals surface area contributed by atoms with Gasteiger partial charge in [0.25, 0.3) is 0 Å². The molecule has 1 amide bonds. The summed E-state index contributed by atoms with van der Waals surface area (Å²) >= 11 is 1.46. The first kappa shape index (κ1) is 19.1. The molecular weight excluding hydrogens is 387 g/mol. The third-order valence-electron chi connectivity index (χ3n) is 4.57. The number of benzene rings is 3. The summed E-state index contributed by atoms with van der Waals surface area (Å²) in [5, 5.41) is 0.629. The van der Waals surface area contributed by atoms with Crippen molar-refractivity contribution < 1.29 is 13.9 Å². The molecule has 0 aliphatic carbocycles. The van der Waals surface area contributed by atoms with Crippen LogP contribution in [0.25, 0.3) is 10.2 Å². The Hall–Kier alpha value is -3.25. The van der Waals surface area contributed by atoms with E-state index in [1.54, 1.807) is 24.1 Å². The molecule has 0 spiro atoms. The molecule has 29 heavy (non-hydrogen) atoms. The van der Waals surface area contributed by atoms with Crippen LogP contribution in [0.5, 0.6) is 5.75 Å². The molecule has 0 aliphatic rings. The molecule has 3 aromatic carbocycles. The van der Waals surface area contributed by atoms with Crippen LogP contribution in [-0.2, 0) is 17.8 Å². The summed E-state index contributed by atoms with van der Waals surface area (Å²) in [7, 11) is 1.61. The van der Waals surface area contributed by atoms with Crippen LogP contribution in [0.3, 0.4) is 0 Å². The fourth-order valence-corrected chi connectivity index (χ4v) is 4.00. The van der Waals surface area contributed by atoms with Crippen molar-refractivity contribution in [1.29, 1.82) is 0 Å². The van der Waals surface area contributed by atoms with Gasteiger partial charge in [-0.25, -0.2) is 9.37 Å². The summed E-state index contributed by atoms with van der Waals surface area (Å²) in [6.45, 7) is 0.415. The first-order valence-electron chi connectivity index (χ1n) is 9.16. The normalized spacial score (nSPS) is 10.8. The number of hydrogen-bond acceptors (Lipinski definition) is 4. The number of anilines is 1. The summed E-state index contributed by atoms with van der Waals surface area (Å²) in [5.41, 5.74) is 2.56. The van der Waals surface area contributed by atoms with Crippen molar-refractivity contribution in [3.63, 3.8) is 0 Å². The van der Waals surface area contributed by atoms with E-state index in [0.29, 0.717) is 11.7 Å². The van der Waals surface area contributed by atoms with Crippen molar-refractivity contribution in [1.82, 2.24) is 4.98 Å². The molecule has 6 heteroatoms. The quantitative estimate of drug-likeness (QED) is 0.441. The second-order valence-electron chi connectivity index (χ2n) is 6.60. The summed E-state index contributed by atoms with van der Waals surface area (Å²) in [5.74, 6) is 0.315. The van der Waals surface area contributed by atoms with Crippen LogP contribution in [0.15, 0.2) is 72.8 Å². The molecule has 0 saturated carbocycles. The summed E-state index contributed by atoms with van der Waals surface area (Å²) in [6, 6.07) is 21.5. The van der Waals surface area contributed by atoms with Crippen molar-refractivity contribution in [2.75, 3.05) is 12.0 Å². The number of methoxy groups -OCH3 is 1. The van der Waals surface area contributed by atoms with Gasteiger partial charge in [0.1, 0.15) is 11.6 Å². The minimum absolute atomic E-state index is 0.0912. The Labute approximate surface area is 172 Å². The number of fused-ring (bicyclic) bond motifs is 1. The number of hydrogen-bond donors (Lipinski definition) is 0. The van der Waals surface area contributed by atoms with Gasteiger partial charge in [0.2, 0.25) is 5.91 Å². The van der Waals surface area contributed by atoms with Crippen molar-refractivity contribution in [2.45, 2.75) is 13.0 Å². The van der Waals surface area contributed by atoms with Gasteiger partial charge < -0.3 is 4.74 Å². The molecule has 0 N–H and O–H groups in total. The first-order valence-corrected chi connectivity index (χ1v) is 9.97. The number of carbonyl (C=O) groups is 1. The molecule has 0 saturated heterocycles. The summed E-state index contributed by atoms with van der Waals surface area (Å²) in [6.07, 6.45) is 0.173. The molecule has 0 atom stereocenters. The highest BCUT2D eigenvalue weighted by molar-refractivity contribution is 7.22. The van der Waals surface area contributed by atoms with E-state index >= 15 is 0 Å². The maximum absolute atomic E-state index is 13.2. The van der Waals surface area contributed by atoms with Crippen LogP contribution in [0.1, 0.15) is 11.1 Å². The number of thiazole rings is 1. The number of amides is 1. The van der Waals surface area contributed by atoms with Crippen molar-refractivity contribution in [2.24, 2.45) is 0 Å². The third-order valence-corrected chi connectivity index (χ3v) is 5.63. The second-order valence-corrected chi connectivity index (χ2v) is 7.61. The second kappa shape index (κ2) is 8.41. The molecule has 146 valence electrons. The highest BCUT2D eigenvalue weighted by atomic mass is 32.1. The number of ether oxygens (including phenoxy) is 1. The van der Waals surface area contributed by atoms with E-state index in [0.717, 1.165) is 27.1 Å². The molecule has 1 heterocycles. The number of halogens is 1. The Morgan fingerprint density at radius 2 is 1.79 bits per heavy atom. The van der Waals surface area contributed by atoms with Crippen molar-refractivity contribution in [3.05, 3.63) is 89.7 Å². The first-order chi connectivity index (χ1) is 14.1. The highest BCUT2D eigenvalue weighted by Gasteiger charge is 2.21. The number of carbonyl (C=O) groups excluding carboxylic acids is 1. The molecule has 0 aliphatic heterocycles. The lowest BCUT2D eigenvalue weighted by Gasteiger charge is -2.20. The van der Waals surface area contributed by atoms with Crippen LogP contribution in [0.4, 0.5) is 9.52 Å². The summed E-state index contributed by atoms with van der Waals surface area (Å²) in [4.78, 5) is 19.5. The number of rotatable bonds is 6. The van der Waals surface area contributed by atoms with Crippen LogP contribution < -0.4 is 9.64 Å². The van der Waals surface area contributed by atoms with E-state index < -0.39 is 0 Å². The Balaban J connectivity index is 1.67. The molecular formula is C23H19FN2O2S. The molecule has 4 nitrogen and oxygen atoms in total. The Morgan fingerprint density at radius 3 is 2.52 bits per heavy atom. The fraction of sp³-hybridized carbons (Fsp3) is 0.130. The lowest BCUT2D eigenvalue weighted by Crippen LogP contribution is -2.31. The molecule has 0 bridgehead atoms. The number of nitrogens with zero attached hydrogens (tertiary/aromatic N) is 2. The minimum atomic E-state index is -0.317. The van der Waals surface area contributed by atoms with Gasteiger partial charge in [0.05, 0.1) is 30.3 Å². The fourth-order valence-electron chi connectivity index (χ4n) is 3.04. The van der Waals surface area contributed by atoms with E-state index in [2.05, 4.69) is 4.98 Å². The molecule has 1 aromatic heterocycles. The van der Waals surface area contributed by atoms with Crippen molar-refractivity contribution in [3.8, 4) is 5.75 Å². The molecule has 0 fully saturated rings. The maximum atomic E-state index is 13.2. The Bertz CT molecular complexity index is 1130. The van der Waals surface area contributed by atoms with Gasteiger partial charge >= 0.3 is 0 Å². The van der Waals surface area contributed by atoms with Gasteiger partial charge in [-0.15, -0.1) is 0 Å². The topological polar surface area (TPSA) is 42.4 Å². The summed E-state index contributed by atoms with van der Waals surface area (Å²) < 4.78 is 19.5. The number of aromatic nitrogens is 1. The van der Waals surface area contributed by atoms with Crippen LogP contribution in [0, 0.1) is 5.82 Å². The third kappa shape index (κ3) is 4.43. The zero-order valence-corrected chi connectivity index (χ0v) is 16.7. The lowest BCUT2D eigenvalue weighted by molar-refractivity contribution is -0.118. The Morgan fingerprint density at radius 1 is 1.03 bits per heavy atom. The molecule has 0 unspecified atom stereocenters. The zero-order chi connectivity index (χ0) is 20.2. The largest absolute Gasteiger partial charge is 0.497 e. The average molecular weight is 406 g/mol. The molecule has 0 radical (unpaired) electrons. The van der Waals surface area contributed by atoms with E-state index in [-0.39, 0.29) is 18.1 Å². The van der Waals surface area contributed by atoms with E-state index in [1.807, 2.05) is 48.5 Å². The van der Waals surface area contributed by atoms with Gasteiger partial charge in [-0.05, 0) is 35.4 Å². The lowest BCUT2D eigenvalue weighted by atomic mass is 10.1. The monoisotopic (exact) mass is 406 g/mol. The van der Waals surface area contributed by atoms with Crippen LogP contribution in [-0.4, -0.2) is 18.0 Å². The van der Waals surface area contributed by atoms with Gasteiger partial charge in [-0.1, -0.05) is 53.8 Å². The SMILES string of the molecule is COc1ccc2sc(N(Cc3ccccc3)C(=O)Cc3ccc(F)cc3)nc2c1. The van der Waals surface area contributed by atoms with E-state index in [9.17, 15) is 9.18 Å². The molecule has 4 aromatic rings. The highest BCUT2D eigenvalue weighted by Crippen LogP contribution is 2.32. The Kier molecular flexibility index (Phi) is 5.53. The van der Waals surface area contributed by atoms with Gasteiger partial charge in [0.15, 0.2) is 5.13 Å². The maximum Gasteiger partial charge on any atom is 0.233 e. The van der Waals surface area contributed by atoms with Gasteiger partial charge in [-0.3, -0.25) is 9.69 Å². The van der Waals surface area contributed by atoms with Crippen LogP contribution >= 0.6 is 11.3 Å². The zero-order valence-electron chi connectivity index (χ0n) is 15.8. The van der Waals surface area contributed by atoms with E-state index in [1.165, 1.54) is 23.5 Å². The minimum Gasteiger partial charge on any atom is -0.497 e. The van der Waals surface area contributed by atoms with Crippen molar-refractivity contribution >= 4 is 32.6 Å². The molecule has 4 rings (SSSR count). The average Bonchev–Trinajstić information content (AvgIpc) is 3.17. The standard InChI is InChI=1S/C23H19FN2O2S/c1-28-19-11-12-21-20(14-19)25-23(29-21)26(15-17-5-3-2-4-6-17)22(27)13-16-7-9-18(24)10-8-16/h2-12,14H,13,15H2,1H3.